The first-order valence-corrected chi connectivity index (χ1v) is 10.8. The molecular formula is C20H26N4O3S. The average molecular weight is 403 g/mol. The van der Waals surface area contributed by atoms with Gasteiger partial charge in [-0.3, -0.25) is 0 Å². The summed E-state index contributed by atoms with van der Waals surface area (Å²) in [5.74, 6) is 0. The van der Waals surface area contributed by atoms with Crippen molar-refractivity contribution in [3.05, 3.63) is 59.7 Å². The average Bonchev–Trinajstić information content (AvgIpc) is 3.13. The number of amides is 2. The maximum absolute atomic E-state index is 12.0. The molecule has 3 rings (SSSR count). The molecule has 0 aliphatic carbocycles. The van der Waals surface area contributed by atoms with Crippen LogP contribution in [0, 0.1) is 0 Å². The monoisotopic (exact) mass is 402 g/mol. The van der Waals surface area contributed by atoms with E-state index < -0.39 is 10.0 Å². The van der Waals surface area contributed by atoms with Gasteiger partial charge in [0, 0.05) is 31.9 Å². The van der Waals surface area contributed by atoms with E-state index in [-0.39, 0.29) is 17.5 Å². The molecule has 0 aromatic heterocycles. The summed E-state index contributed by atoms with van der Waals surface area (Å²) < 4.78 is 26.0. The van der Waals surface area contributed by atoms with Crippen LogP contribution in [0.15, 0.2) is 53.4 Å². The lowest BCUT2D eigenvalue weighted by atomic mass is 10.2. The molecule has 28 heavy (non-hydrogen) atoms. The van der Waals surface area contributed by atoms with Crippen molar-refractivity contribution in [3.8, 4) is 0 Å². The van der Waals surface area contributed by atoms with Crippen molar-refractivity contribution in [2.24, 2.45) is 0 Å². The number of fused-ring (bicyclic) bond motifs is 1. The van der Waals surface area contributed by atoms with E-state index in [0.717, 1.165) is 31.5 Å². The number of para-hydroxylation sites is 1. The Morgan fingerprint density at radius 3 is 2.75 bits per heavy atom. The molecule has 0 atom stereocenters. The molecule has 2 amide bonds. The van der Waals surface area contributed by atoms with E-state index in [1.165, 1.54) is 24.4 Å². The van der Waals surface area contributed by atoms with Crippen LogP contribution in [-0.2, 0) is 23.0 Å². The molecule has 2 aromatic rings. The molecule has 3 N–H and O–H groups in total. The number of carbonyl (C=O) groups is 1. The first-order valence-electron chi connectivity index (χ1n) is 9.36. The lowest BCUT2D eigenvalue weighted by Crippen LogP contribution is -2.36. The molecule has 1 aliphatic heterocycles. The van der Waals surface area contributed by atoms with Gasteiger partial charge >= 0.3 is 6.03 Å². The zero-order valence-electron chi connectivity index (χ0n) is 15.9. The Balaban J connectivity index is 1.39. The van der Waals surface area contributed by atoms with E-state index in [4.69, 9.17) is 0 Å². The Morgan fingerprint density at radius 1 is 1.11 bits per heavy atom. The zero-order valence-corrected chi connectivity index (χ0v) is 16.8. The quantitative estimate of drug-likeness (QED) is 0.588. The fourth-order valence-electron chi connectivity index (χ4n) is 3.30. The summed E-state index contributed by atoms with van der Waals surface area (Å²) in [4.78, 5) is 14.5. The largest absolute Gasteiger partial charge is 0.371 e. The second kappa shape index (κ2) is 9.07. The maximum atomic E-state index is 12.0. The molecule has 0 saturated carbocycles. The van der Waals surface area contributed by atoms with Gasteiger partial charge in [-0.15, -0.1) is 0 Å². The molecule has 150 valence electrons. The second-order valence-corrected chi connectivity index (χ2v) is 8.57. The SMILES string of the molecule is CNS(=O)(=O)c1cccc(CNC(=O)NCCCN2CCc3ccccc32)c1. The van der Waals surface area contributed by atoms with E-state index in [0.29, 0.717) is 6.54 Å². The summed E-state index contributed by atoms with van der Waals surface area (Å²) in [6.07, 6.45) is 1.93. The standard InChI is InChI=1S/C20H26N4O3S/c1-21-28(26,27)18-8-4-6-16(14-18)15-23-20(25)22-11-5-12-24-13-10-17-7-2-3-9-19(17)24/h2-4,6-9,14,21H,5,10-13,15H2,1H3,(H2,22,23,25). The third-order valence-corrected chi connectivity index (χ3v) is 6.22. The van der Waals surface area contributed by atoms with Gasteiger partial charge in [0.15, 0.2) is 0 Å². The fourth-order valence-corrected chi connectivity index (χ4v) is 4.10. The van der Waals surface area contributed by atoms with Crippen molar-refractivity contribution in [1.82, 2.24) is 15.4 Å². The highest BCUT2D eigenvalue weighted by Gasteiger charge is 2.17. The van der Waals surface area contributed by atoms with Crippen LogP contribution in [0.3, 0.4) is 0 Å². The maximum Gasteiger partial charge on any atom is 0.315 e. The Bertz CT molecular complexity index is 931. The third-order valence-electron chi connectivity index (χ3n) is 4.80. The van der Waals surface area contributed by atoms with Crippen LogP contribution in [0.5, 0.6) is 0 Å². The minimum atomic E-state index is -3.49. The predicted octanol–water partition coefficient (Wildman–Crippen LogP) is 1.85. The second-order valence-electron chi connectivity index (χ2n) is 6.68. The van der Waals surface area contributed by atoms with E-state index in [1.54, 1.807) is 18.2 Å². The summed E-state index contributed by atoms with van der Waals surface area (Å²) in [7, 11) is -2.12. The number of benzene rings is 2. The van der Waals surface area contributed by atoms with Crippen LogP contribution in [0.25, 0.3) is 0 Å². The van der Waals surface area contributed by atoms with Crippen LogP contribution in [-0.4, -0.2) is 41.1 Å². The minimum absolute atomic E-state index is 0.181. The number of urea groups is 1. The lowest BCUT2D eigenvalue weighted by Gasteiger charge is -2.19. The van der Waals surface area contributed by atoms with E-state index >= 15 is 0 Å². The van der Waals surface area contributed by atoms with Crippen LogP contribution in [0.1, 0.15) is 17.5 Å². The van der Waals surface area contributed by atoms with Gasteiger partial charge in [-0.25, -0.2) is 17.9 Å². The van der Waals surface area contributed by atoms with Gasteiger partial charge in [0.2, 0.25) is 10.0 Å². The van der Waals surface area contributed by atoms with Gasteiger partial charge in [-0.2, -0.15) is 0 Å². The van der Waals surface area contributed by atoms with Gasteiger partial charge in [0.25, 0.3) is 0 Å². The third kappa shape index (κ3) is 5.02. The van der Waals surface area contributed by atoms with Gasteiger partial charge in [-0.05, 0) is 49.2 Å². The molecule has 0 saturated heterocycles. The number of anilines is 1. The van der Waals surface area contributed by atoms with Crippen LogP contribution in [0.2, 0.25) is 0 Å². The number of nitrogens with one attached hydrogen (secondary N) is 3. The summed E-state index contributed by atoms with van der Waals surface area (Å²) in [5.41, 5.74) is 3.40. The van der Waals surface area contributed by atoms with E-state index in [2.05, 4.69) is 44.5 Å². The Kier molecular flexibility index (Phi) is 6.53. The molecule has 0 spiro atoms. The van der Waals surface area contributed by atoms with Crippen molar-refractivity contribution in [2.45, 2.75) is 24.3 Å². The lowest BCUT2D eigenvalue weighted by molar-refractivity contribution is 0.240. The van der Waals surface area contributed by atoms with Crippen molar-refractivity contribution in [1.29, 1.82) is 0 Å². The number of hydrogen-bond donors (Lipinski definition) is 3. The molecule has 0 unspecified atom stereocenters. The highest BCUT2D eigenvalue weighted by atomic mass is 32.2. The van der Waals surface area contributed by atoms with E-state index in [9.17, 15) is 13.2 Å². The molecule has 7 nitrogen and oxygen atoms in total. The normalized spacial score (nSPS) is 13.2. The number of rotatable bonds is 8. The minimum Gasteiger partial charge on any atom is -0.371 e. The van der Waals surface area contributed by atoms with Crippen molar-refractivity contribution in [2.75, 3.05) is 31.6 Å². The van der Waals surface area contributed by atoms with Crippen LogP contribution >= 0.6 is 0 Å². The Labute approximate surface area is 166 Å². The highest BCUT2D eigenvalue weighted by molar-refractivity contribution is 7.89. The number of nitrogens with zero attached hydrogens (tertiary/aromatic N) is 1. The summed E-state index contributed by atoms with van der Waals surface area (Å²) in [6, 6.07) is 14.7. The van der Waals surface area contributed by atoms with Gasteiger partial charge in [-0.1, -0.05) is 30.3 Å². The van der Waals surface area contributed by atoms with Crippen molar-refractivity contribution in [3.63, 3.8) is 0 Å². The molecular weight excluding hydrogens is 376 g/mol. The van der Waals surface area contributed by atoms with Gasteiger partial charge in [0.05, 0.1) is 4.90 Å². The summed E-state index contributed by atoms with van der Waals surface area (Å²) in [5, 5.41) is 5.61. The summed E-state index contributed by atoms with van der Waals surface area (Å²) in [6.45, 7) is 2.77. The first kappa shape index (κ1) is 20.2. The van der Waals surface area contributed by atoms with Crippen LogP contribution < -0.4 is 20.3 Å². The van der Waals surface area contributed by atoms with Gasteiger partial charge < -0.3 is 15.5 Å². The smallest absolute Gasteiger partial charge is 0.315 e. The molecule has 8 heteroatoms. The molecule has 0 radical (unpaired) electrons. The van der Waals surface area contributed by atoms with E-state index in [1.807, 2.05) is 0 Å². The molecule has 1 heterocycles. The highest BCUT2D eigenvalue weighted by Crippen LogP contribution is 2.27. The van der Waals surface area contributed by atoms with Crippen molar-refractivity contribution < 1.29 is 13.2 Å². The zero-order chi connectivity index (χ0) is 20.0. The molecule has 1 aliphatic rings. The molecule has 2 aromatic carbocycles. The first-order chi connectivity index (χ1) is 13.5. The predicted molar refractivity (Wildman–Crippen MR) is 110 cm³/mol. The Hall–Kier alpha value is -2.58. The number of hydrogen-bond acceptors (Lipinski definition) is 4. The summed E-state index contributed by atoms with van der Waals surface area (Å²) >= 11 is 0. The number of carbonyl (C=O) groups excluding carboxylic acids is 1. The fraction of sp³-hybridized carbons (Fsp3) is 0.350. The van der Waals surface area contributed by atoms with Gasteiger partial charge in [0.1, 0.15) is 0 Å². The topological polar surface area (TPSA) is 90.5 Å². The van der Waals surface area contributed by atoms with Crippen molar-refractivity contribution >= 4 is 21.7 Å². The van der Waals surface area contributed by atoms with Crippen LogP contribution in [0.4, 0.5) is 10.5 Å². The molecule has 0 bridgehead atoms. The number of sulfonamides is 1. The Morgan fingerprint density at radius 2 is 1.93 bits per heavy atom. The molecule has 0 fully saturated rings.